The highest BCUT2D eigenvalue weighted by atomic mass is 35.5. The van der Waals surface area contributed by atoms with E-state index in [2.05, 4.69) is 5.10 Å². The highest BCUT2D eigenvalue weighted by Gasteiger charge is 2.19. The summed E-state index contributed by atoms with van der Waals surface area (Å²) in [5.74, 6) is 0.641. The molecular weight excluding hydrogens is 264 g/mol. The zero-order valence-electron chi connectivity index (χ0n) is 11.0. The van der Waals surface area contributed by atoms with Crippen LogP contribution in [-0.4, -0.2) is 21.0 Å². The number of nitrogens with zero attached hydrogens (tertiary/aromatic N) is 2. The Morgan fingerprint density at radius 3 is 2.89 bits per heavy atom. The molecule has 0 aliphatic heterocycles. The van der Waals surface area contributed by atoms with Crippen molar-refractivity contribution in [1.29, 1.82) is 0 Å². The van der Waals surface area contributed by atoms with E-state index in [9.17, 15) is 5.11 Å². The number of halogens is 1. The summed E-state index contributed by atoms with van der Waals surface area (Å²) in [5.41, 5.74) is 0.747. The maximum atomic E-state index is 10.2. The summed E-state index contributed by atoms with van der Waals surface area (Å²) in [6, 6.07) is 7.12. The van der Waals surface area contributed by atoms with Gasteiger partial charge in [-0.25, -0.2) is 0 Å². The zero-order chi connectivity index (χ0) is 13.8. The van der Waals surface area contributed by atoms with Crippen LogP contribution in [0.5, 0.6) is 5.75 Å². The standard InChI is InChI=1S/C14H17ClN2O2/c1-3-17-9-11(8-16-17)14(18)10(2)19-13-6-4-5-12(15)7-13/h4-10,14,18H,3H2,1-2H3. The monoisotopic (exact) mass is 280 g/mol. The van der Waals surface area contributed by atoms with E-state index >= 15 is 0 Å². The molecule has 4 nitrogen and oxygen atoms in total. The van der Waals surface area contributed by atoms with E-state index in [4.69, 9.17) is 16.3 Å². The van der Waals surface area contributed by atoms with Gasteiger partial charge in [-0.05, 0) is 32.0 Å². The molecular formula is C14H17ClN2O2. The van der Waals surface area contributed by atoms with Gasteiger partial charge in [-0.15, -0.1) is 0 Å². The molecule has 2 unspecified atom stereocenters. The van der Waals surface area contributed by atoms with Crippen molar-refractivity contribution in [2.45, 2.75) is 32.6 Å². The Morgan fingerprint density at radius 1 is 1.47 bits per heavy atom. The molecule has 0 radical (unpaired) electrons. The minimum Gasteiger partial charge on any atom is -0.488 e. The average Bonchev–Trinajstić information content (AvgIpc) is 2.86. The normalized spacial score (nSPS) is 14.1. The molecule has 0 amide bonds. The first-order chi connectivity index (χ1) is 9.10. The number of hydrogen-bond acceptors (Lipinski definition) is 3. The molecule has 1 aromatic carbocycles. The minimum absolute atomic E-state index is 0.382. The number of benzene rings is 1. The van der Waals surface area contributed by atoms with Crippen molar-refractivity contribution in [3.8, 4) is 5.75 Å². The van der Waals surface area contributed by atoms with Gasteiger partial charge in [0.25, 0.3) is 0 Å². The molecule has 1 aromatic heterocycles. The van der Waals surface area contributed by atoms with Gasteiger partial charge in [0.05, 0.1) is 6.20 Å². The Balaban J connectivity index is 2.04. The van der Waals surface area contributed by atoms with Crippen molar-refractivity contribution in [3.63, 3.8) is 0 Å². The van der Waals surface area contributed by atoms with Gasteiger partial charge in [0.1, 0.15) is 18.0 Å². The van der Waals surface area contributed by atoms with E-state index in [1.165, 1.54) is 0 Å². The quantitative estimate of drug-likeness (QED) is 0.916. The number of aliphatic hydroxyl groups excluding tert-OH is 1. The third-order valence-corrected chi connectivity index (χ3v) is 3.12. The number of aryl methyl sites for hydroxylation is 1. The lowest BCUT2D eigenvalue weighted by atomic mass is 10.1. The van der Waals surface area contributed by atoms with E-state index in [1.54, 1.807) is 23.0 Å². The molecule has 0 bridgehead atoms. The van der Waals surface area contributed by atoms with E-state index < -0.39 is 6.10 Å². The van der Waals surface area contributed by atoms with Gasteiger partial charge in [0.2, 0.25) is 0 Å². The van der Waals surface area contributed by atoms with Crippen LogP contribution in [0.3, 0.4) is 0 Å². The predicted molar refractivity (Wildman–Crippen MR) is 74.4 cm³/mol. The molecule has 1 N–H and O–H groups in total. The second-order valence-corrected chi connectivity index (χ2v) is 4.79. The van der Waals surface area contributed by atoms with Crippen molar-refractivity contribution < 1.29 is 9.84 Å². The fourth-order valence-corrected chi connectivity index (χ4v) is 1.98. The largest absolute Gasteiger partial charge is 0.488 e. The lowest BCUT2D eigenvalue weighted by Crippen LogP contribution is -2.21. The van der Waals surface area contributed by atoms with Crippen LogP contribution in [0.4, 0.5) is 0 Å². The fourth-order valence-electron chi connectivity index (χ4n) is 1.80. The molecule has 2 rings (SSSR count). The van der Waals surface area contributed by atoms with Crippen molar-refractivity contribution in [3.05, 3.63) is 47.2 Å². The van der Waals surface area contributed by atoms with Crippen LogP contribution in [0.15, 0.2) is 36.7 Å². The number of aromatic nitrogens is 2. The maximum absolute atomic E-state index is 10.2. The van der Waals surface area contributed by atoms with Crippen molar-refractivity contribution in [2.24, 2.45) is 0 Å². The Labute approximate surface area is 117 Å². The third kappa shape index (κ3) is 3.49. The van der Waals surface area contributed by atoms with Gasteiger partial charge in [-0.2, -0.15) is 5.10 Å². The zero-order valence-corrected chi connectivity index (χ0v) is 11.7. The topological polar surface area (TPSA) is 47.3 Å². The smallest absolute Gasteiger partial charge is 0.126 e. The molecule has 0 aliphatic rings. The van der Waals surface area contributed by atoms with Crippen molar-refractivity contribution in [2.75, 3.05) is 0 Å². The van der Waals surface area contributed by atoms with Gasteiger partial charge in [0.15, 0.2) is 0 Å². The molecule has 0 saturated carbocycles. The van der Waals surface area contributed by atoms with Crippen LogP contribution < -0.4 is 4.74 Å². The number of aliphatic hydroxyl groups is 1. The first-order valence-electron chi connectivity index (χ1n) is 6.22. The minimum atomic E-state index is -0.723. The highest BCUT2D eigenvalue weighted by Crippen LogP contribution is 2.23. The summed E-state index contributed by atoms with van der Waals surface area (Å²) in [6.45, 7) is 4.58. The van der Waals surface area contributed by atoms with Crippen LogP contribution in [-0.2, 0) is 6.54 Å². The first kappa shape index (κ1) is 13.9. The van der Waals surface area contributed by atoms with E-state index in [1.807, 2.05) is 32.2 Å². The molecule has 0 aliphatic carbocycles. The Hall–Kier alpha value is -1.52. The van der Waals surface area contributed by atoms with Gasteiger partial charge in [-0.1, -0.05) is 17.7 Å². The Bertz CT molecular complexity index is 542. The molecule has 1 heterocycles. The summed E-state index contributed by atoms with van der Waals surface area (Å²) in [6.07, 6.45) is 2.38. The lowest BCUT2D eigenvalue weighted by Gasteiger charge is -2.19. The molecule has 0 saturated heterocycles. The number of hydrogen-bond donors (Lipinski definition) is 1. The van der Waals surface area contributed by atoms with Crippen LogP contribution in [0, 0.1) is 0 Å². The summed E-state index contributed by atoms with van der Waals surface area (Å²) in [4.78, 5) is 0. The lowest BCUT2D eigenvalue weighted by molar-refractivity contribution is 0.0467. The van der Waals surface area contributed by atoms with Crippen LogP contribution in [0.25, 0.3) is 0 Å². The molecule has 0 spiro atoms. The van der Waals surface area contributed by atoms with Gasteiger partial charge in [-0.3, -0.25) is 4.68 Å². The van der Waals surface area contributed by atoms with Crippen LogP contribution >= 0.6 is 11.6 Å². The van der Waals surface area contributed by atoms with Crippen molar-refractivity contribution in [1.82, 2.24) is 9.78 Å². The number of rotatable bonds is 5. The second kappa shape index (κ2) is 6.08. The molecule has 0 fully saturated rings. The Morgan fingerprint density at radius 2 is 2.26 bits per heavy atom. The molecule has 2 atom stereocenters. The molecule has 5 heteroatoms. The summed E-state index contributed by atoms with van der Waals surface area (Å²) < 4.78 is 7.45. The first-order valence-corrected chi connectivity index (χ1v) is 6.60. The van der Waals surface area contributed by atoms with E-state index in [0.717, 1.165) is 12.1 Å². The van der Waals surface area contributed by atoms with Crippen molar-refractivity contribution >= 4 is 11.6 Å². The molecule has 2 aromatic rings. The van der Waals surface area contributed by atoms with Gasteiger partial charge in [0, 0.05) is 23.3 Å². The maximum Gasteiger partial charge on any atom is 0.126 e. The molecule has 102 valence electrons. The van der Waals surface area contributed by atoms with E-state index in [-0.39, 0.29) is 6.10 Å². The predicted octanol–water partition coefficient (Wildman–Crippen LogP) is 3.06. The summed E-state index contributed by atoms with van der Waals surface area (Å²) >= 11 is 5.89. The van der Waals surface area contributed by atoms with E-state index in [0.29, 0.717) is 10.8 Å². The summed E-state index contributed by atoms with van der Waals surface area (Å²) in [7, 11) is 0. The summed E-state index contributed by atoms with van der Waals surface area (Å²) in [5, 5.41) is 15.0. The van der Waals surface area contributed by atoms with Gasteiger partial charge < -0.3 is 9.84 Å². The number of ether oxygens (including phenoxy) is 1. The Kier molecular flexibility index (Phi) is 4.45. The van der Waals surface area contributed by atoms with Gasteiger partial charge >= 0.3 is 0 Å². The fraction of sp³-hybridized carbons (Fsp3) is 0.357. The van der Waals surface area contributed by atoms with Crippen LogP contribution in [0.2, 0.25) is 5.02 Å². The average molecular weight is 281 g/mol. The van der Waals surface area contributed by atoms with Crippen LogP contribution in [0.1, 0.15) is 25.5 Å². The molecule has 19 heavy (non-hydrogen) atoms. The second-order valence-electron chi connectivity index (χ2n) is 4.35. The third-order valence-electron chi connectivity index (χ3n) is 2.88. The SMILES string of the molecule is CCn1cc(C(O)C(C)Oc2cccc(Cl)c2)cn1. The highest BCUT2D eigenvalue weighted by molar-refractivity contribution is 6.30.